The lowest BCUT2D eigenvalue weighted by atomic mass is 10.1. The predicted octanol–water partition coefficient (Wildman–Crippen LogP) is -1.73. The van der Waals surface area contributed by atoms with Gasteiger partial charge in [-0.1, -0.05) is 18.2 Å². The van der Waals surface area contributed by atoms with Crippen molar-refractivity contribution in [3.05, 3.63) is 29.8 Å². The molecule has 1 fully saturated rings. The number of para-hydroxylation sites is 1. The van der Waals surface area contributed by atoms with Gasteiger partial charge in [0.2, 0.25) is 0 Å². The Kier molecular flexibility index (Phi) is 5.94. The monoisotopic (exact) mass is 360 g/mol. The quantitative estimate of drug-likeness (QED) is 0.585. The average molecular weight is 361 g/mol. The molecule has 0 aromatic heterocycles. The van der Waals surface area contributed by atoms with Gasteiger partial charge in [-0.2, -0.15) is 0 Å². The summed E-state index contributed by atoms with van der Waals surface area (Å²) in [6.45, 7) is 11.1. The van der Waals surface area contributed by atoms with Gasteiger partial charge in [-0.3, -0.25) is 9.59 Å². The smallest absolute Gasteiger partial charge is 0.284 e. The topological polar surface area (TPSA) is 58.3 Å². The van der Waals surface area contributed by atoms with Gasteiger partial charge in [0.1, 0.15) is 26.2 Å². The minimum Gasteiger partial charge on any atom is -0.349 e. The zero-order valence-corrected chi connectivity index (χ0v) is 16.2. The first-order valence-corrected chi connectivity index (χ1v) is 9.82. The molecule has 0 radical (unpaired) electrons. The molecule has 2 heterocycles. The first kappa shape index (κ1) is 18.9. The van der Waals surface area contributed by atoms with Gasteiger partial charge in [-0.05, 0) is 38.8 Å². The van der Waals surface area contributed by atoms with Crippen LogP contribution in [0.15, 0.2) is 24.3 Å². The minimum absolute atomic E-state index is 0.0350. The number of carbonyl (C=O) groups is 2. The van der Waals surface area contributed by atoms with Crippen molar-refractivity contribution in [2.75, 3.05) is 44.2 Å². The van der Waals surface area contributed by atoms with E-state index in [0.717, 1.165) is 44.8 Å². The maximum Gasteiger partial charge on any atom is 0.284 e. The zero-order valence-electron chi connectivity index (χ0n) is 16.2. The molecule has 3 N–H and O–H groups in total. The number of rotatable bonds is 5. The standard InChI is InChI=1S/C20H30N4O2/c1-15(2)21-19(25)14-22-10-12-23(13-11-22)16(3)20(26)24-9-8-17-6-4-5-7-18(17)24/h4-7,15-16H,8-14H2,1-3H3,(H,21,25)/p+2/t16-/m0/s1. The number of hydrogen-bond donors (Lipinski definition) is 3. The van der Waals surface area contributed by atoms with Crippen LogP contribution in [0.25, 0.3) is 0 Å². The number of carbonyl (C=O) groups excluding carboxylic acids is 2. The van der Waals surface area contributed by atoms with Crippen LogP contribution in [-0.2, 0) is 16.0 Å². The molecular formula is C20H32N4O2+2. The van der Waals surface area contributed by atoms with Crippen LogP contribution in [0, 0.1) is 0 Å². The van der Waals surface area contributed by atoms with E-state index in [1.54, 1.807) is 0 Å². The molecule has 0 saturated carbocycles. The van der Waals surface area contributed by atoms with E-state index in [9.17, 15) is 9.59 Å². The summed E-state index contributed by atoms with van der Waals surface area (Å²) in [6.07, 6.45) is 0.951. The summed E-state index contributed by atoms with van der Waals surface area (Å²) in [7, 11) is 0. The molecule has 2 aliphatic heterocycles. The zero-order chi connectivity index (χ0) is 18.7. The Morgan fingerprint density at radius 3 is 2.50 bits per heavy atom. The van der Waals surface area contributed by atoms with E-state index in [0.29, 0.717) is 6.54 Å². The highest BCUT2D eigenvalue weighted by atomic mass is 16.2. The highest BCUT2D eigenvalue weighted by Gasteiger charge is 2.36. The molecule has 142 valence electrons. The Bertz CT molecular complexity index is 653. The molecule has 0 bridgehead atoms. The number of nitrogens with one attached hydrogen (secondary N) is 3. The summed E-state index contributed by atoms with van der Waals surface area (Å²) >= 11 is 0. The highest BCUT2D eigenvalue weighted by Crippen LogP contribution is 2.27. The maximum absolute atomic E-state index is 13.0. The second-order valence-corrected chi connectivity index (χ2v) is 7.90. The minimum atomic E-state index is -0.0350. The maximum atomic E-state index is 13.0. The number of amides is 2. The Balaban J connectivity index is 1.52. The molecule has 26 heavy (non-hydrogen) atoms. The molecule has 1 aromatic carbocycles. The van der Waals surface area contributed by atoms with Crippen LogP contribution >= 0.6 is 0 Å². The van der Waals surface area contributed by atoms with E-state index in [1.165, 1.54) is 15.4 Å². The van der Waals surface area contributed by atoms with Crippen molar-refractivity contribution in [2.24, 2.45) is 0 Å². The lowest BCUT2D eigenvalue weighted by Crippen LogP contribution is -3.30. The molecule has 2 aliphatic rings. The summed E-state index contributed by atoms with van der Waals surface area (Å²) in [6, 6.07) is 8.37. The molecule has 0 spiro atoms. The van der Waals surface area contributed by atoms with Crippen molar-refractivity contribution in [3.63, 3.8) is 0 Å². The van der Waals surface area contributed by atoms with Crippen LogP contribution in [0.3, 0.4) is 0 Å². The molecule has 6 nitrogen and oxygen atoms in total. The number of anilines is 1. The molecule has 0 aliphatic carbocycles. The number of benzene rings is 1. The summed E-state index contributed by atoms with van der Waals surface area (Å²) < 4.78 is 0. The summed E-state index contributed by atoms with van der Waals surface area (Å²) in [5.74, 6) is 0.349. The highest BCUT2D eigenvalue weighted by molar-refractivity contribution is 5.97. The van der Waals surface area contributed by atoms with Gasteiger partial charge in [0.05, 0.1) is 0 Å². The van der Waals surface area contributed by atoms with Gasteiger partial charge in [0.25, 0.3) is 11.8 Å². The van der Waals surface area contributed by atoms with Gasteiger partial charge in [-0.25, -0.2) is 0 Å². The van der Waals surface area contributed by atoms with Crippen molar-refractivity contribution in [1.29, 1.82) is 0 Å². The molecular weight excluding hydrogens is 328 g/mol. The molecule has 2 amide bonds. The summed E-state index contributed by atoms with van der Waals surface area (Å²) in [5.41, 5.74) is 2.35. The molecule has 0 unspecified atom stereocenters. The van der Waals surface area contributed by atoms with Crippen LogP contribution in [0.2, 0.25) is 0 Å². The normalized spacial score (nSPS) is 23.6. The third-order valence-corrected chi connectivity index (χ3v) is 5.60. The van der Waals surface area contributed by atoms with Gasteiger partial charge in [-0.15, -0.1) is 0 Å². The van der Waals surface area contributed by atoms with E-state index in [4.69, 9.17) is 0 Å². The molecule has 1 saturated heterocycles. The first-order valence-electron chi connectivity index (χ1n) is 9.82. The predicted molar refractivity (Wildman–Crippen MR) is 102 cm³/mol. The first-order chi connectivity index (χ1) is 12.5. The third kappa shape index (κ3) is 4.24. The Hall–Kier alpha value is -1.92. The van der Waals surface area contributed by atoms with Gasteiger partial charge >= 0.3 is 0 Å². The van der Waals surface area contributed by atoms with Crippen LogP contribution in [0.4, 0.5) is 5.69 Å². The number of piperazine rings is 1. The van der Waals surface area contributed by atoms with Crippen LogP contribution in [0.5, 0.6) is 0 Å². The summed E-state index contributed by atoms with van der Waals surface area (Å²) in [4.78, 5) is 29.6. The average Bonchev–Trinajstić information content (AvgIpc) is 3.04. The van der Waals surface area contributed by atoms with Crippen molar-refractivity contribution in [1.82, 2.24) is 5.32 Å². The molecule has 1 atom stereocenters. The fraction of sp³-hybridized carbons (Fsp3) is 0.600. The Labute approximate surface area is 156 Å². The number of quaternary nitrogens is 2. The fourth-order valence-corrected chi connectivity index (χ4v) is 4.11. The van der Waals surface area contributed by atoms with E-state index in [2.05, 4.69) is 24.4 Å². The van der Waals surface area contributed by atoms with E-state index >= 15 is 0 Å². The molecule has 6 heteroatoms. The van der Waals surface area contributed by atoms with Crippen molar-refractivity contribution < 1.29 is 19.4 Å². The largest absolute Gasteiger partial charge is 0.349 e. The van der Waals surface area contributed by atoms with Gasteiger partial charge in [0.15, 0.2) is 12.6 Å². The molecule has 1 aromatic rings. The summed E-state index contributed by atoms with van der Waals surface area (Å²) in [5, 5.41) is 2.96. The fourth-order valence-electron chi connectivity index (χ4n) is 4.11. The van der Waals surface area contributed by atoms with E-state index in [-0.39, 0.29) is 23.9 Å². The Morgan fingerprint density at radius 1 is 1.12 bits per heavy atom. The number of hydrogen-bond acceptors (Lipinski definition) is 2. The van der Waals surface area contributed by atoms with Crippen LogP contribution in [-0.4, -0.2) is 63.2 Å². The van der Waals surface area contributed by atoms with Crippen LogP contribution in [0.1, 0.15) is 26.3 Å². The number of fused-ring (bicyclic) bond motifs is 1. The SMILES string of the molecule is CC(C)NC(=O)C[NH+]1CC[NH+]([C@@H](C)C(=O)N2CCc3ccccc32)CC1. The second kappa shape index (κ2) is 8.18. The molecule has 3 rings (SSSR count). The van der Waals surface area contributed by atoms with Crippen LogP contribution < -0.4 is 20.0 Å². The lowest BCUT2D eigenvalue weighted by Gasteiger charge is -2.33. The van der Waals surface area contributed by atoms with E-state index in [1.807, 2.05) is 30.9 Å². The van der Waals surface area contributed by atoms with Crippen molar-refractivity contribution in [2.45, 2.75) is 39.3 Å². The van der Waals surface area contributed by atoms with Crippen molar-refractivity contribution in [3.8, 4) is 0 Å². The van der Waals surface area contributed by atoms with Crippen molar-refractivity contribution >= 4 is 17.5 Å². The second-order valence-electron chi connectivity index (χ2n) is 7.90. The Morgan fingerprint density at radius 2 is 1.81 bits per heavy atom. The van der Waals surface area contributed by atoms with Gasteiger partial charge in [0, 0.05) is 18.3 Å². The number of nitrogens with zero attached hydrogens (tertiary/aromatic N) is 1. The third-order valence-electron chi connectivity index (χ3n) is 5.60. The van der Waals surface area contributed by atoms with Gasteiger partial charge < -0.3 is 20.0 Å². The van der Waals surface area contributed by atoms with E-state index < -0.39 is 0 Å². The lowest BCUT2D eigenvalue weighted by molar-refractivity contribution is -1.01.